The molecule has 2 aromatic carbocycles. The number of hydrogen-bond acceptors (Lipinski definition) is 4. The Bertz CT molecular complexity index is 1210. The summed E-state index contributed by atoms with van der Waals surface area (Å²) < 4.78 is 0. The molecule has 6 nitrogen and oxygen atoms in total. The predicted molar refractivity (Wildman–Crippen MR) is 132 cm³/mol. The molecule has 0 bridgehead atoms. The Hall–Kier alpha value is -3.67. The lowest BCUT2D eigenvalue weighted by Gasteiger charge is -2.43. The molecule has 0 atom stereocenters. The molecule has 4 rings (SSSR count). The number of imide groups is 2. The first-order chi connectivity index (χ1) is 15.6. The zero-order valence-electron chi connectivity index (χ0n) is 19.7. The number of carbonyl (C=O) groups is 3. The first-order valence-electron chi connectivity index (χ1n) is 11.2. The van der Waals surface area contributed by atoms with Crippen molar-refractivity contribution in [2.75, 3.05) is 16.3 Å². The van der Waals surface area contributed by atoms with Crippen LogP contribution in [0.5, 0.6) is 0 Å². The molecule has 6 heteroatoms. The third-order valence-corrected chi connectivity index (χ3v) is 6.23. The molecule has 0 aromatic heterocycles. The van der Waals surface area contributed by atoms with Crippen molar-refractivity contribution in [2.24, 2.45) is 0 Å². The van der Waals surface area contributed by atoms with Crippen LogP contribution in [0.25, 0.3) is 11.6 Å². The largest absolute Gasteiger partial charge is 0.362 e. The van der Waals surface area contributed by atoms with Gasteiger partial charge in [0.05, 0.1) is 11.2 Å². The highest BCUT2D eigenvalue weighted by Gasteiger charge is 2.37. The number of fused-ring (bicyclic) bond motifs is 1. The fourth-order valence-corrected chi connectivity index (χ4v) is 4.66. The van der Waals surface area contributed by atoms with Crippen LogP contribution in [0.15, 0.2) is 54.1 Å². The van der Waals surface area contributed by atoms with Crippen molar-refractivity contribution < 1.29 is 14.4 Å². The minimum absolute atomic E-state index is 0.0651. The molecule has 33 heavy (non-hydrogen) atoms. The van der Waals surface area contributed by atoms with E-state index in [1.807, 2.05) is 13.0 Å². The third-order valence-electron chi connectivity index (χ3n) is 6.23. The van der Waals surface area contributed by atoms with Crippen LogP contribution in [0.2, 0.25) is 0 Å². The minimum atomic E-state index is -0.744. The standard InChI is InChI=1S/C27H29N3O3/c1-6-12-29-23-13-17(2)19(14-21(23)18(3)16-27(29,4)5)15-22-24(31)28-26(33)30(25(22)32)20-10-8-7-9-11-20/h7-11,13-16H,6,12H2,1-5H3,(H,28,31,33)/b22-15-. The molecule has 0 radical (unpaired) electrons. The van der Waals surface area contributed by atoms with Crippen molar-refractivity contribution in [1.82, 2.24) is 5.32 Å². The van der Waals surface area contributed by atoms with Crippen molar-refractivity contribution in [3.8, 4) is 0 Å². The van der Waals surface area contributed by atoms with Gasteiger partial charge in [0.25, 0.3) is 11.8 Å². The SMILES string of the molecule is CCCN1c2cc(C)c(/C=C3/C(=O)NC(=O)N(c4ccccc4)C3=O)cc2C(C)=CC1(C)C. The summed E-state index contributed by atoms with van der Waals surface area (Å²) in [6.45, 7) is 11.6. The zero-order chi connectivity index (χ0) is 23.9. The first-order valence-corrected chi connectivity index (χ1v) is 11.2. The second-order valence-corrected chi connectivity index (χ2v) is 9.15. The van der Waals surface area contributed by atoms with Crippen molar-refractivity contribution in [2.45, 2.75) is 46.6 Å². The Balaban J connectivity index is 1.79. The van der Waals surface area contributed by atoms with E-state index in [0.717, 1.165) is 45.8 Å². The van der Waals surface area contributed by atoms with Crippen LogP contribution in [-0.2, 0) is 9.59 Å². The lowest BCUT2D eigenvalue weighted by molar-refractivity contribution is -0.122. The van der Waals surface area contributed by atoms with E-state index in [1.54, 1.807) is 36.4 Å². The summed E-state index contributed by atoms with van der Waals surface area (Å²) in [5.41, 5.74) is 5.37. The number of para-hydroxylation sites is 1. The van der Waals surface area contributed by atoms with Crippen LogP contribution in [0.4, 0.5) is 16.2 Å². The Labute approximate surface area is 194 Å². The number of rotatable bonds is 4. The average molecular weight is 444 g/mol. The molecule has 0 saturated carbocycles. The maximum atomic E-state index is 13.2. The van der Waals surface area contributed by atoms with Crippen molar-refractivity contribution >= 4 is 40.9 Å². The van der Waals surface area contributed by atoms with E-state index < -0.39 is 17.8 Å². The highest BCUT2D eigenvalue weighted by atomic mass is 16.2. The van der Waals surface area contributed by atoms with Gasteiger partial charge in [0, 0.05) is 17.8 Å². The third kappa shape index (κ3) is 3.97. The van der Waals surface area contributed by atoms with Gasteiger partial charge in [-0.25, -0.2) is 9.69 Å². The number of benzene rings is 2. The molecular weight excluding hydrogens is 414 g/mol. The highest BCUT2D eigenvalue weighted by Crippen LogP contribution is 2.40. The highest BCUT2D eigenvalue weighted by molar-refractivity contribution is 6.39. The van der Waals surface area contributed by atoms with E-state index in [1.165, 1.54) is 0 Å². The molecule has 2 heterocycles. The van der Waals surface area contributed by atoms with E-state index >= 15 is 0 Å². The van der Waals surface area contributed by atoms with E-state index in [-0.39, 0.29) is 11.1 Å². The summed E-state index contributed by atoms with van der Waals surface area (Å²) in [6.07, 6.45) is 4.87. The van der Waals surface area contributed by atoms with Gasteiger partial charge >= 0.3 is 6.03 Å². The zero-order valence-corrected chi connectivity index (χ0v) is 19.7. The molecule has 0 spiro atoms. The number of aryl methyl sites for hydroxylation is 1. The number of hydrogen-bond donors (Lipinski definition) is 1. The molecule has 2 aromatic rings. The van der Waals surface area contributed by atoms with Gasteiger partial charge < -0.3 is 4.90 Å². The lowest BCUT2D eigenvalue weighted by atomic mass is 9.86. The van der Waals surface area contributed by atoms with Crippen molar-refractivity contribution in [3.63, 3.8) is 0 Å². The molecule has 4 amide bonds. The van der Waals surface area contributed by atoms with Crippen LogP contribution in [-0.4, -0.2) is 29.9 Å². The smallest absolute Gasteiger partial charge is 0.335 e. The van der Waals surface area contributed by atoms with Crippen LogP contribution in [0.1, 0.15) is 50.8 Å². The topological polar surface area (TPSA) is 69.7 Å². The van der Waals surface area contributed by atoms with E-state index in [2.05, 4.69) is 50.1 Å². The Morgan fingerprint density at radius 3 is 2.39 bits per heavy atom. The normalized spacial score (nSPS) is 18.9. The Kier molecular flexibility index (Phi) is 5.70. The quantitative estimate of drug-likeness (QED) is 0.529. The summed E-state index contributed by atoms with van der Waals surface area (Å²) in [4.78, 5) is 41.6. The van der Waals surface area contributed by atoms with E-state index in [0.29, 0.717) is 5.69 Å². The number of nitrogens with one attached hydrogen (secondary N) is 1. The van der Waals surface area contributed by atoms with Gasteiger partial charge in [-0.2, -0.15) is 0 Å². The minimum Gasteiger partial charge on any atom is -0.362 e. The number of urea groups is 1. The maximum Gasteiger partial charge on any atom is 0.335 e. The molecule has 1 N–H and O–H groups in total. The van der Waals surface area contributed by atoms with Crippen LogP contribution < -0.4 is 15.1 Å². The second-order valence-electron chi connectivity index (χ2n) is 9.15. The molecule has 2 aliphatic heterocycles. The van der Waals surface area contributed by atoms with Gasteiger partial charge in [-0.1, -0.05) is 31.2 Å². The number of barbiturate groups is 1. The average Bonchev–Trinajstić information content (AvgIpc) is 2.75. The maximum absolute atomic E-state index is 13.2. The van der Waals surface area contributed by atoms with Crippen molar-refractivity contribution in [1.29, 1.82) is 0 Å². The van der Waals surface area contributed by atoms with Gasteiger partial charge in [0.1, 0.15) is 5.57 Å². The monoisotopic (exact) mass is 443 g/mol. The molecule has 2 aliphatic rings. The van der Waals surface area contributed by atoms with Crippen LogP contribution >= 0.6 is 0 Å². The molecular formula is C27H29N3O3. The van der Waals surface area contributed by atoms with Crippen LogP contribution in [0, 0.1) is 6.92 Å². The molecule has 0 unspecified atom stereocenters. The number of allylic oxidation sites excluding steroid dienone is 1. The fourth-order valence-electron chi connectivity index (χ4n) is 4.66. The summed E-state index contributed by atoms with van der Waals surface area (Å²) in [7, 11) is 0. The number of anilines is 2. The van der Waals surface area contributed by atoms with Crippen LogP contribution in [0.3, 0.4) is 0 Å². The van der Waals surface area contributed by atoms with Gasteiger partial charge in [-0.15, -0.1) is 0 Å². The number of amides is 4. The molecule has 170 valence electrons. The fraction of sp³-hybridized carbons (Fsp3) is 0.296. The Morgan fingerprint density at radius 1 is 1.03 bits per heavy atom. The molecule has 0 aliphatic carbocycles. The summed E-state index contributed by atoms with van der Waals surface area (Å²) in [5, 5.41) is 2.29. The van der Waals surface area contributed by atoms with E-state index in [4.69, 9.17) is 0 Å². The first kappa shape index (κ1) is 22.5. The Morgan fingerprint density at radius 2 is 1.73 bits per heavy atom. The number of nitrogens with zero attached hydrogens (tertiary/aromatic N) is 2. The van der Waals surface area contributed by atoms with Gasteiger partial charge in [-0.05, 0) is 81.2 Å². The molecule has 1 saturated heterocycles. The molecule has 1 fully saturated rings. The van der Waals surface area contributed by atoms with Crippen molar-refractivity contribution in [3.05, 3.63) is 70.8 Å². The number of carbonyl (C=O) groups excluding carboxylic acids is 3. The predicted octanol–water partition coefficient (Wildman–Crippen LogP) is 5.07. The summed E-state index contributed by atoms with van der Waals surface area (Å²) in [5.74, 6) is -1.32. The summed E-state index contributed by atoms with van der Waals surface area (Å²) >= 11 is 0. The van der Waals surface area contributed by atoms with Gasteiger partial charge in [0.15, 0.2) is 0 Å². The lowest BCUT2D eigenvalue weighted by Crippen LogP contribution is -2.54. The van der Waals surface area contributed by atoms with Gasteiger partial charge in [0.2, 0.25) is 0 Å². The van der Waals surface area contributed by atoms with E-state index in [9.17, 15) is 14.4 Å². The van der Waals surface area contributed by atoms with Gasteiger partial charge in [-0.3, -0.25) is 14.9 Å². The summed E-state index contributed by atoms with van der Waals surface area (Å²) in [6, 6.07) is 12.0. The second kappa shape index (κ2) is 8.35.